The minimum atomic E-state index is -4.50. The summed E-state index contributed by atoms with van der Waals surface area (Å²) in [6.07, 6.45) is -2.85. The summed E-state index contributed by atoms with van der Waals surface area (Å²) in [7, 11) is -4.33. The molecule has 0 bridgehead atoms. The molecule has 0 spiro atoms. The maximum absolute atomic E-state index is 15.2. The van der Waals surface area contributed by atoms with Gasteiger partial charge in [-0.1, -0.05) is 36.4 Å². The molecule has 4 heterocycles. The molecule has 2 unspecified atom stereocenters. The van der Waals surface area contributed by atoms with Crippen LogP contribution >= 0.6 is 23.9 Å². The number of sulfone groups is 1. The molecule has 6 aromatic rings. The van der Waals surface area contributed by atoms with Gasteiger partial charge in [-0.15, -0.1) is 0 Å². The van der Waals surface area contributed by atoms with E-state index in [1.54, 1.807) is 57.1 Å². The zero-order valence-corrected chi connectivity index (χ0v) is 32.8. The number of alkyl halides is 6. The van der Waals surface area contributed by atoms with Gasteiger partial charge in [0.25, 0.3) is 0 Å². The summed E-state index contributed by atoms with van der Waals surface area (Å²) in [6, 6.07) is 22.9. The largest absolute Gasteiger partial charge is 0.490 e. The van der Waals surface area contributed by atoms with Crippen molar-refractivity contribution in [2.45, 2.75) is 46.0 Å². The molecule has 0 saturated carbocycles. The fourth-order valence-electron chi connectivity index (χ4n) is 6.39. The highest BCUT2D eigenvalue weighted by Gasteiger charge is 2.46. The molecule has 0 N–H and O–H groups in total. The van der Waals surface area contributed by atoms with E-state index in [-0.39, 0.29) is 26.3 Å². The van der Waals surface area contributed by atoms with Crippen molar-refractivity contribution in [3.8, 4) is 33.8 Å². The third kappa shape index (κ3) is 9.03. The smallest absolute Gasteiger partial charge is 0.416 e. The van der Waals surface area contributed by atoms with Gasteiger partial charge in [0.05, 0.1) is 34.0 Å². The second-order valence-corrected chi connectivity index (χ2v) is 17.7. The Balaban J connectivity index is 1.13. The quantitative estimate of drug-likeness (QED) is 0.107. The van der Waals surface area contributed by atoms with Crippen molar-refractivity contribution < 1.29 is 44.2 Å². The Morgan fingerprint density at radius 3 is 1.27 bits per heavy atom. The highest BCUT2D eigenvalue weighted by molar-refractivity contribution is 8.00. The van der Waals surface area contributed by atoms with Gasteiger partial charge >= 0.3 is 12.4 Å². The lowest BCUT2D eigenvalue weighted by Gasteiger charge is -2.33. The van der Waals surface area contributed by atoms with Gasteiger partial charge in [-0.25, -0.2) is 37.0 Å². The number of ether oxygens (including phenoxy) is 2. The number of rotatable bonds is 8. The van der Waals surface area contributed by atoms with E-state index >= 15 is 8.42 Å². The molecule has 10 nitrogen and oxygen atoms in total. The van der Waals surface area contributed by atoms with Crippen molar-refractivity contribution in [1.82, 2.24) is 28.5 Å². The number of nitrogens with zero attached hydrogens (tertiary/aromatic N) is 6. The second-order valence-electron chi connectivity index (χ2n) is 13.3. The van der Waals surface area contributed by atoms with E-state index in [1.165, 1.54) is 49.1 Å². The lowest BCUT2D eigenvalue weighted by molar-refractivity contribution is -0.138. The Kier molecular flexibility index (Phi) is 11.3. The van der Waals surface area contributed by atoms with Gasteiger partial charge in [-0.2, -0.15) is 26.3 Å². The number of hydrogen-bond acceptors (Lipinski definition) is 12. The van der Waals surface area contributed by atoms with Crippen LogP contribution in [0.3, 0.4) is 0 Å². The fourth-order valence-corrected chi connectivity index (χ4v) is 11.1. The van der Waals surface area contributed by atoms with Gasteiger partial charge in [-0.3, -0.25) is 0 Å². The van der Waals surface area contributed by atoms with Crippen molar-refractivity contribution in [1.29, 1.82) is 0 Å². The van der Waals surface area contributed by atoms with Crippen LogP contribution in [0.15, 0.2) is 132 Å². The monoisotopic (exact) mass is 868 g/mol. The van der Waals surface area contributed by atoms with E-state index in [0.29, 0.717) is 55.2 Å². The molecule has 4 aromatic carbocycles. The van der Waals surface area contributed by atoms with E-state index in [9.17, 15) is 26.3 Å². The third-order valence-corrected chi connectivity index (χ3v) is 14.2. The molecule has 0 amide bonds. The van der Waals surface area contributed by atoms with Crippen molar-refractivity contribution in [2.24, 2.45) is 0 Å². The van der Waals surface area contributed by atoms with Gasteiger partial charge in [0.1, 0.15) is 36.4 Å². The van der Waals surface area contributed by atoms with Crippen molar-refractivity contribution >= 4 is 33.7 Å². The van der Waals surface area contributed by atoms with E-state index in [4.69, 9.17) is 9.47 Å². The van der Waals surface area contributed by atoms with Crippen LogP contribution in [0.25, 0.3) is 22.3 Å². The maximum Gasteiger partial charge on any atom is 0.416 e. The van der Waals surface area contributed by atoms with Gasteiger partial charge in [0.2, 0.25) is 0 Å². The Labute approximate surface area is 342 Å². The van der Waals surface area contributed by atoms with Gasteiger partial charge in [0.15, 0.2) is 20.6 Å². The average molecular weight is 869 g/mol. The fraction of sp³-hybridized carbons (Fsp3) is 0.200. The number of fused-ring (bicyclic) bond motifs is 2. The first-order valence-corrected chi connectivity index (χ1v) is 20.9. The van der Waals surface area contributed by atoms with Gasteiger partial charge in [0, 0.05) is 24.8 Å². The highest BCUT2D eigenvalue weighted by atomic mass is 32.2. The molecule has 304 valence electrons. The topological polar surface area (TPSA) is 111 Å². The number of hydrogen-bond donors (Lipinski definition) is 0. The molecule has 0 radical (unpaired) electrons. The van der Waals surface area contributed by atoms with Crippen LogP contribution in [-0.4, -0.2) is 60.9 Å². The Morgan fingerprint density at radius 2 is 0.915 bits per heavy atom. The minimum absolute atomic E-state index is 0.0397. The van der Waals surface area contributed by atoms with Crippen LogP contribution in [0.4, 0.5) is 26.3 Å². The predicted molar refractivity (Wildman–Crippen MR) is 208 cm³/mol. The van der Waals surface area contributed by atoms with E-state index in [0.717, 1.165) is 48.2 Å². The van der Waals surface area contributed by atoms with Crippen LogP contribution in [0.5, 0.6) is 11.5 Å². The summed E-state index contributed by atoms with van der Waals surface area (Å²) in [5, 5.41) is -2.65. The molecule has 59 heavy (non-hydrogen) atoms. The van der Waals surface area contributed by atoms with Gasteiger partial charge < -0.3 is 9.47 Å². The van der Waals surface area contributed by atoms with Crippen LogP contribution in [0.1, 0.15) is 22.8 Å². The first kappa shape index (κ1) is 40.6. The van der Waals surface area contributed by atoms with E-state index in [2.05, 4.69) is 19.9 Å². The minimum Gasteiger partial charge on any atom is -0.490 e. The van der Waals surface area contributed by atoms with Gasteiger partial charge in [-0.05, 0) is 107 Å². The number of benzene rings is 4. The first-order valence-electron chi connectivity index (χ1n) is 17.7. The van der Waals surface area contributed by atoms with Crippen LogP contribution < -0.4 is 9.47 Å². The van der Waals surface area contributed by atoms with Crippen LogP contribution in [0.2, 0.25) is 0 Å². The molecule has 8 rings (SSSR count). The van der Waals surface area contributed by atoms with Crippen molar-refractivity contribution in [3.63, 3.8) is 0 Å². The highest BCUT2D eigenvalue weighted by Crippen LogP contribution is 2.45. The summed E-state index contributed by atoms with van der Waals surface area (Å²) < 4.78 is 126. The molecule has 0 fully saturated rings. The zero-order valence-electron chi connectivity index (χ0n) is 30.3. The summed E-state index contributed by atoms with van der Waals surface area (Å²) in [5.74, 6) is 1.39. The van der Waals surface area contributed by atoms with Crippen LogP contribution in [-0.2, 0) is 35.3 Å². The second kappa shape index (κ2) is 16.4. The molecule has 19 heteroatoms. The number of aromatic nitrogens is 4. The normalized spacial score (nSPS) is 17.8. The maximum atomic E-state index is 15.2. The van der Waals surface area contributed by atoms with Crippen molar-refractivity contribution in [2.75, 3.05) is 13.2 Å². The lowest BCUT2D eigenvalue weighted by atomic mass is 10.0. The van der Waals surface area contributed by atoms with E-state index < -0.39 is 44.1 Å². The molecule has 2 atom stereocenters. The van der Waals surface area contributed by atoms with E-state index in [1.807, 2.05) is 0 Å². The summed E-state index contributed by atoms with van der Waals surface area (Å²) in [4.78, 5) is 18.4. The summed E-state index contributed by atoms with van der Waals surface area (Å²) >= 11 is 2.19. The Bertz CT molecular complexity index is 2370. The first-order chi connectivity index (χ1) is 28.2. The zero-order chi connectivity index (χ0) is 41.4. The third-order valence-electron chi connectivity index (χ3n) is 9.41. The number of halogens is 6. The molecule has 2 aliphatic rings. The summed E-state index contributed by atoms with van der Waals surface area (Å²) in [6.45, 7) is -0.725. The molecule has 0 saturated heterocycles. The molecular weight excluding hydrogens is 839 g/mol. The molecule has 0 aliphatic carbocycles. The van der Waals surface area contributed by atoms with Crippen molar-refractivity contribution in [3.05, 3.63) is 145 Å². The lowest BCUT2D eigenvalue weighted by Crippen LogP contribution is -2.51. The summed E-state index contributed by atoms with van der Waals surface area (Å²) in [5.41, 5.74) is 0.628. The average Bonchev–Trinajstić information content (AvgIpc) is 3.52. The Hall–Kier alpha value is -5.21. The molecule has 2 aromatic heterocycles. The Morgan fingerprint density at radius 1 is 0.559 bits per heavy atom. The SMILES string of the molecule is O=S(=O)(C1COc2ccc(-c3ccc(C(F)(F)F)cc3)cc2SN1Cc1ncccn1)C1COc2ccc(-c3ccc(C(F)(F)F)cc3)cc2SN1Cc1ncccn1. The standard InChI is InChI=1S/C40H30F6N6O4S3/c41-39(42,43)29-9-3-25(4-10-29)27-7-13-31-33(19-27)57-51(21-35-47-15-1-16-48-35)37(23-55-31)59(53,54)38-24-56-32-14-8-28(26-5-11-30(12-6-26)40(44,45)46)20-34(32)58-52(38)22-36-49-17-2-18-50-36/h1-20,37-38H,21-24H2. The molecule has 2 aliphatic heterocycles. The molecular formula is C40H30F6N6O4S3. The predicted octanol–water partition coefficient (Wildman–Crippen LogP) is 9.21. The van der Waals surface area contributed by atoms with Crippen LogP contribution in [0, 0.1) is 0 Å².